The van der Waals surface area contributed by atoms with E-state index in [1.54, 1.807) is 0 Å². The molecule has 0 unspecified atom stereocenters. The first-order valence-corrected chi connectivity index (χ1v) is 7.79. The lowest BCUT2D eigenvalue weighted by atomic mass is 10.0. The van der Waals surface area contributed by atoms with Crippen LogP contribution in [0.4, 0.5) is 0 Å². The maximum absolute atomic E-state index is 12.2. The summed E-state index contributed by atoms with van der Waals surface area (Å²) >= 11 is 0. The minimum atomic E-state index is -0.485. The lowest BCUT2D eigenvalue weighted by molar-refractivity contribution is -0.155. The zero-order valence-corrected chi connectivity index (χ0v) is 13.9. The van der Waals surface area contributed by atoms with Crippen molar-refractivity contribution in [3.63, 3.8) is 0 Å². The van der Waals surface area contributed by atoms with Crippen molar-refractivity contribution in [2.45, 2.75) is 38.8 Å². The van der Waals surface area contributed by atoms with Gasteiger partial charge in [0, 0.05) is 6.21 Å². The molecule has 0 amide bonds. The van der Waals surface area contributed by atoms with E-state index >= 15 is 0 Å². The van der Waals surface area contributed by atoms with E-state index in [1.165, 1.54) is 0 Å². The van der Waals surface area contributed by atoms with E-state index < -0.39 is 5.60 Å². The highest BCUT2D eigenvalue weighted by Gasteiger charge is 2.20. The van der Waals surface area contributed by atoms with E-state index in [0.29, 0.717) is 0 Å². The van der Waals surface area contributed by atoms with Crippen LogP contribution in [0.1, 0.15) is 44.4 Å². The molecule has 2 rings (SSSR count). The second kappa shape index (κ2) is 7.73. The molecule has 2 aromatic rings. The van der Waals surface area contributed by atoms with Crippen LogP contribution in [0.3, 0.4) is 0 Å². The Morgan fingerprint density at radius 1 is 1.04 bits per heavy atom. The first-order chi connectivity index (χ1) is 10.9. The highest BCUT2D eigenvalue weighted by Crippen LogP contribution is 2.23. The first kappa shape index (κ1) is 16.9. The fourth-order valence-electron chi connectivity index (χ4n) is 2.19. The minimum Gasteiger partial charge on any atom is -0.460 e. The monoisotopic (exact) mass is 309 g/mol. The summed E-state index contributed by atoms with van der Waals surface area (Å²) in [6, 6.07) is 19.4. The molecular weight excluding hydrogens is 286 g/mol. The largest absolute Gasteiger partial charge is 0.460 e. The van der Waals surface area contributed by atoms with Gasteiger partial charge in [-0.1, -0.05) is 60.7 Å². The van der Waals surface area contributed by atoms with Crippen molar-refractivity contribution in [1.29, 1.82) is 0 Å². The quantitative estimate of drug-likeness (QED) is 0.599. The summed E-state index contributed by atoms with van der Waals surface area (Å²) in [5.74, 6) is -0.239. The van der Waals surface area contributed by atoms with Gasteiger partial charge in [0.05, 0.1) is 12.5 Å². The standard InChI is InChI=1S/C20H23NO2/c1-20(2,3)23-19(22)14-18(17-12-8-5-9-13-17)21-15-16-10-6-4-7-11-16/h4-13,15,18H,14H2,1-3H3/t18-/m0/s1. The summed E-state index contributed by atoms with van der Waals surface area (Å²) in [5, 5.41) is 0. The molecule has 0 radical (unpaired) electrons. The average Bonchev–Trinajstić information content (AvgIpc) is 2.51. The van der Waals surface area contributed by atoms with E-state index in [0.717, 1.165) is 11.1 Å². The average molecular weight is 309 g/mol. The highest BCUT2D eigenvalue weighted by atomic mass is 16.6. The number of benzene rings is 2. The summed E-state index contributed by atoms with van der Waals surface area (Å²) in [4.78, 5) is 16.8. The minimum absolute atomic E-state index is 0.227. The third-order valence-corrected chi connectivity index (χ3v) is 3.17. The lowest BCUT2D eigenvalue weighted by Gasteiger charge is -2.21. The topological polar surface area (TPSA) is 38.7 Å². The number of rotatable bonds is 5. The summed E-state index contributed by atoms with van der Waals surface area (Å²) < 4.78 is 5.43. The van der Waals surface area contributed by atoms with Crippen LogP contribution in [-0.4, -0.2) is 17.8 Å². The van der Waals surface area contributed by atoms with Gasteiger partial charge in [0.1, 0.15) is 5.60 Å². The van der Waals surface area contributed by atoms with Crippen molar-refractivity contribution in [2.24, 2.45) is 4.99 Å². The third-order valence-electron chi connectivity index (χ3n) is 3.17. The van der Waals surface area contributed by atoms with Crippen molar-refractivity contribution >= 4 is 12.2 Å². The number of carbonyl (C=O) groups is 1. The van der Waals surface area contributed by atoms with E-state index in [4.69, 9.17) is 4.74 Å². The summed E-state index contributed by atoms with van der Waals surface area (Å²) in [6.07, 6.45) is 2.03. The predicted molar refractivity (Wildman–Crippen MR) is 93.7 cm³/mol. The van der Waals surface area contributed by atoms with Crippen LogP contribution >= 0.6 is 0 Å². The van der Waals surface area contributed by atoms with Crippen molar-refractivity contribution in [1.82, 2.24) is 0 Å². The van der Waals surface area contributed by atoms with Crippen LogP contribution in [0.2, 0.25) is 0 Å². The van der Waals surface area contributed by atoms with Gasteiger partial charge in [-0.2, -0.15) is 0 Å². The molecule has 0 spiro atoms. The van der Waals surface area contributed by atoms with Crippen LogP contribution in [0.25, 0.3) is 0 Å². The van der Waals surface area contributed by atoms with Gasteiger partial charge in [0.15, 0.2) is 0 Å². The second-order valence-electron chi connectivity index (χ2n) is 6.41. The number of carbonyl (C=O) groups excluding carboxylic acids is 1. The Balaban J connectivity index is 2.16. The van der Waals surface area contributed by atoms with Crippen LogP contribution in [-0.2, 0) is 9.53 Å². The number of ether oxygens (including phenoxy) is 1. The molecule has 0 fully saturated rings. The molecule has 2 aromatic carbocycles. The summed E-state index contributed by atoms with van der Waals surface area (Å²) in [7, 11) is 0. The maximum atomic E-state index is 12.2. The molecule has 3 nitrogen and oxygen atoms in total. The molecule has 1 atom stereocenters. The predicted octanol–water partition coefficient (Wildman–Crippen LogP) is 4.58. The fraction of sp³-hybridized carbons (Fsp3) is 0.300. The molecule has 120 valence electrons. The zero-order valence-electron chi connectivity index (χ0n) is 13.9. The number of nitrogens with zero attached hydrogens (tertiary/aromatic N) is 1. The Morgan fingerprint density at radius 3 is 2.17 bits per heavy atom. The lowest BCUT2D eigenvalue weighted by Crippen LogP contribution is -2.24. The van der Waals surface area contributed by atoms with Crippen LogP contribution in [0.15, 0.2) is 65.7 Å². The SMILES string of the molecule is CC(C)(C)OC(=O)C[C@H](N=Cc1ccccc1)c1ccccc1. The first-order valence-electron chi connectivity index (χ1n) is 7.79. The maximum Gasteiger partial charge on any atom is 0.308 e. The van der Waals surface area contributed by atoms with Gasteiger partial charge in [-0.05, 0) is 31.9 Å². The van der Waals surface area contributed by atoms with E-state index in [-0.39, 0.29) is 18.4 Å². The Kier molecular flexibility index (Phi) is 5.69. The molecule has 0 saturated carbocycles. The molecule has 0 aliphatic carbocycles. The van der Waals surface area contributed by atoms with Crippen LogP contribution < -0.4 is 0 Å². The molecule has 0 heterocycles. The molecule has 0 saturated heterocycles. The molecule has 0 N–H and O–H groups in total. The van der Waals surface area contributed by atoms with Crippen molar-refractivity contribution in [2.75, 3.05) is 0 Å². The van der Waals surface area contributed by atoms with E-state index in [1.807, 2.05) is 87.6 Å². The Hall–Kier alpha value is -2.42. The second-order valence-corrected chi connectivity index (χ2v) is 6.41. The van der Waals surface area contributed by atoms with Gasteiger partial charge in [0.25, 0.3) is 0 Å². The highest BCUT2D eigenvalue weighted by molar-refractivity contribution is 5.80. The van der Waals surface area contributed by atoms with Gasteiger partial charge >= 0.3 is 5.97 Å². The number of esters is 1. The molecule has 0 aliphatic rings. The zero-order chi connectivity index (χ0) is 16.7. The number of aliphatic imine (C=N–C) groups is 1. The number of hydrogen-bond donors (Lipinski definition) is 0. The molecule has 0 aliphatic heterocycles. The summed E-state index contributed by atoms with van der Waals surface area (Å²) in [5.41, 5.74) is 1.53. The van der Waals surface area contributed by atoms with Crippen molar-refractivity contribution in [3.05, 3.63) is 71.8 Å². The van der Waals surface area contributed by atoms with Gasteiger partial charge in [0.2, 0.25) is 0 Å². The van der Waals surface area contributed by atoms with Gasteiger partial charge in [-0.15, -0.1) is 0 Å². The van der Waals surface area contributed by atoms with Crippen molar-refractivity contribution in [3.8, 4) is 0 Å². The molecule has 23 heavy (non-hydrogen) atoms. The normalized spacial score (nSPS) is 13.0. The Labute approximate surface area is 138 Å². The van der Waals surface area contributed by atoms with E-state index in [2.05, 4.69) is 4.99 Å². The fourth-order valence-corrected chi connectivity index (χ4v) is 2.19. The number of hydrogen-bond acceptors (Lipinski definition) is 3. The van der Waals surface area contributed by atoms with Crippen molar-refractivity contribution < 1.29 is 9.53 Å². The van der Waals surface area contributed by atoms with Crippen LogP contribution in [0.5, 0.6) is 0 Å². The van der Waals surface area contributed by atoms with E-state index in [9.17, 15) is 4.79 Å². The summed E-state index contributed by atoms with van der Waals surface area (Å²) in [6.45, 7) is 5.61. The molecule has 3 heteroatoms. The smallest absolute Gasteiger partial charge is 0.308 e. The third kappa shape index (κ3) is 6.07. The Morgan fingerprint density at radius 2 is 1.61 bits per heavy atom. The molecule has 0 bridgehead atoms. The molecule has 0 aromatic heterocycles. The van der Waals surface area contributed by atoms with Gasteiger partial charge < -0.3 is 4.74 Å². The van der Waals surface area contributed by atoms with Crippen LogP contribution in [0, 0.1) is 0 Å². The van der Waals surface area contributed by atoms with Gasteiger partial charge in [-0.25, -0.2) is 0 Å². The Bertz CT molecular complexity index is 642. The molecular formula is C20H23NO2. The van der Waals surface area contributed by atoms with Gasteiger partial charge in [-0.3, -0.25) is 9.79 Å².